The van der Waals surface area contributed by atoms with Gasteiger partial charge in [0.15, 0.2) is 0 Å². The fourth-order valence-electron chi connectivity index (χ4n) is 3.04. The highest BCUT2D eigenvalue weighted by atomic mass is 16.5. The van der Waals surface area contributed by atoms with Crippen LogP contribution in [0.1, 0.15) is 37.2 Å². The van der Waals surface area contributed by atoms with Crippen molar-refractivity contribution < 1.29 is 14.6 Å². The van der Waals surface area contributed by atoms with Crippen molar-refractivity contribution in [2.75, 3.05) is 18.5 Å². The standard InChI is InChI=1S/C18H23N3O3/c1-13(21-9-8-19-14(21)2)15-3-5-16(6-4-15)20-17(22)11-18(23)7-10-24-12-18/h3-6,8-9,13,23H,7,10-12H2,1-2H3,(H,20,22)/t13-,18+/m0/s1. The SMILES string of the molecule is Cc1nccn1[C@@H](C)c1ccc(NC(=O)C[C@]2(O)CCOC2)cc1. The van der Waals surface area contributed by atoms with E-state index in [2.05, 4.69) is 21.8 Å². The van der Waals surface area contributed by atoms with Gasteiger partial charge >= 0.3 is 0 Å². The van der Waals surface area contributed by atoms with Crippen LogP contribution in [0.4, 0.5) is 5.69 Å². The molecule has 0 saturated carbocycles. The fraction of sp³-hybridized carbons (Fsp3) is 0.444. The molecule has 2 heterocycles. The number of aliphatic hydroxyl groups is 1. The van der Waals surface area contributed by atoms with E-state index in [0.717, 1.165) is 17.1 Å². The first-order chi connectivity index (χ1) is 11.5. The second kappa shape index (κ2) is 6.75. The maximum absolute atomic E-state index is 12.1. The molecule has 0 spiro atoms. The largest absolute Gasteiger partial charge is 0.387 e. The first-order valence-corrected chi connectivity index (χ1v) is 8.16. The van der Waals surface area contributed by atoms with E-state index in [0.29, 0.717) is 13.0 Å². The third-order valence-electron chi connectivity index (χ3n) is 4.53. The zero-order valence-corrected chi connectivity index (χ0v) is 14.0. The Labute approximate surface area is 141 Å². The highest BCUT2D eigenvalue weighted by Crippen LogP contribution is 2.24. The van der Waals surface area contributed by atoms with E-state index in [1.54, 1.807) is 6.20 Å². The van der Waals surface area contributed by atoms with Crippen molar-refractivity contribution in [3.8, 4) is 0 Å². The van der Waals surface area contributed by atoms with Crippen LogP contribution in [0.2, 0.25) is 0 Å². The number of aryl methyl sites for hydroxylation is 1. The molecule has 2 atom stereocenters. The van der Waals surface area contributed by atoms with Gasteiger partial charge in [0.2, 0.25) is 5.91 Å². The van der Waals surface area contributed by atoms with E-state index < -0.39 is 5.60 Å². The third kappa shape index (κ3) is 3.66. The molecule has 0 bridgehead atoms. The van der Waals surface area contributed by atoms with Crippen LogP contribution in [-0.2, 0) is 9.53 Å². The Morgan fingerprint density at radius 3 is 2.79 bits per heavy atom. The monoisotopic (exact) mass is 329 g/mol. The molecule has 1 amide bonds. The predicted octanol–water partition coefficient (Wildman–Crippen LogP) is 2.28. The van der Waals surface area contributed by atoms with Gasteiger partial charge in [-0.15, -0.1) is 0 Å². The number of benzene rings is 1. The number of anilines is 1. The Kier molecular flexibility index (Phi) is 4.69. The Balaban J connectivity index is 1.62. The van der Waals surface area contributed by atoms with Gasteiger partial charge < -0.3 is 19.7 Å². The van der Waals surface area contributed by atoms with Gasteiger partial charge in [-0.25, -0.2) is 4.98 Å². The van der Waals surface area contributed by atoms with Gasteiger partial charge in [0.05, 0.1) is 24.7 Å². The molecular weight excluding hydrogens is 306 g/mol. The number of amides is 1. The zero-order chi connectivity index (χ0) is 17.2. The van der Waals surface area contributed by atoms with Crippen molar-refractivity contribution in [3.05, 3.63) is 48.0 Å². The molecule has 1 aliphatic heterocycles. The summed E-state index contributed by atoms with van der Waals surface area (Å²) in [7, 11) is 0. The molecule has 1 aromatic carbocycles. The van der Waals surface area contributed by atoms with E-state index >= 15 is 0 Å². The Morgan fingerprint density at radius 2 is 2.21 bits per heavy atom. The highest BCUT2D eigenvalue weighted by molar-refractivity contribution is 5.91. The maximum atomic E-state index is 12.1. The van der Waals surface area contributed by atoms with Crippen molar-refractivity contribution >= 4 is 11.6 Å². The summed E-state index contributed by atoms with van der Waals surface area (Å²) in [6, 6.07) is 7.92. The smallest absolute Gasteiger partial charge is 0.227 e. The number of carbonyl (C=O) groups excluding carboxylic acids is 1. The van der Waals surface area contributed by atoms with E-state index in [9.17, 15) is 9.90 Å². The molecule has 6 heteroatoms. The number of imidazole rings is 1. The molecule has 0 unspecified atom stereocenters. The molecule has 1 saturated heterocycles. The van der Waals surface area contributed by atoms with Crippen LogP contribution < -0.4 is 5.32 Å². The Bertz CT molecular complexity index is 703. The lowest BCUT2D eigenvalue weighted by Crippen LogP contribution is -2.34. The molecule has 1 fully saturated rings. The molecular formula is C18H23N3O3. The Hall–Kier alpha value is -2.18. The molecule has 1 aliphatic rings. The normalized spacial score (nSPS) is 21.6. The van der Waals surface area contributed by atoms with Crippen LogP contribution in [-0.4, -0.2) is 39.4 Å². The average Bonchev–Trinajstić information content (AvgIpc) is 3.16. The van der Waals surface area contributed by atoms with Crippen molar-refractivity contribution in [2.24, 2.45) is 0 Å². The van der Waals surface area contributed by atoms with Crippen LogP contribution in [0.25, 0.3) is 0 Å². The van der Waals surface area contributed by atoms with Crippen molar-refractivity contribution in [2.45, 2.75) is 38.3 Å². The molecule has 0 aliphatic carbocycles. The number of carbonyl (C=O) groups is 1. The first-order valence-electron chi connectivity index (χ1n) is 8.16. The van der Waals surface area contributed by atoms with Crippen LogP contribution in [0.3, 0.4) is 0 Å². The highest BCUT2D eigenvalue weighted by Gasteiger charge is 2.34. The van der Waals surface area contributed by atoms with Gasteiger partial charge in [0.1, 0.15) is 5.82 Å². The minimum absolute atomic E-state index is 0.0549. The number of ether oxygens (including phenoxy) is 1. The minimum Gasteiger partial charge on any atom is -0.387 e. The van der Waals surface area contributed by atoms with E-state index in [1.807, 2.05) is 37.4 Å². The second-order valence-electron chi connectivity index (χ2n) is 6.43. The van der Waals surface area contributed by atoms with Crippen molar-refractivity contribution in [1.29, 1.82) is 0 Å². The van der Waals surface area contributed by atoms with Gasteiger partial charge in [0, 0.05) is 31.1 Å². The third-order valence-corrected chi connectivity index (χ3v) is 4.53. The van der Waals surface area contributed by atoms with Crippen molar-refractivity contribution in [3.63, 3.8) is 0 Å². The number of hydrogen-bond donors (Lipinski definition) is 2. The van der Waals surface area contributed by atoms with E-state index in [-0.39, 0.29) is 25.0 Å². The topological polar surface area (TPSA) is 76.4 Å². The fourth-order valence-corrected chi connectivity index (χ4v) is 3.04. The zero-order valence-electron chi connectivity index (χ0n) is 14.0. The summed E-state index contributed by atoms with van der Waals surface area (Å²) in [5.41, 5.74) is 0.829. The van der Waals surface area contributed by atoms with E-state index in [1.165, 1.54) is 0 Å². The van der Waals surface area contributed by atoms with E-state index in [4.69, 9.17) is 4.74 Å². The summed E-state index contributed by atoms with van der Waals surface area (Å²) in [6.07, 6.45) is 4.30. The maximum Gasteiger partial charge on any atom is 0.227 e. The first kappa shape index (κ1) is 16.7. The number of hydrogen-bond acceptors (Lipinski definition) is 4. The second-order valence-corrected chi connectivity index (χ2v) is 6.43. The van der Waals surface area contributed by atoms with Crippen molar-refractivity contribution in [1.82, 2.24) is 9.55 Å². The molecule has 24 heavy (non-hydrogen) atoms. The number of aromatic nitrogens is 2. The summed E-state index contributed by atoms with van der Waals surface area (Å²) in [4.78, 5) is 16.3. The molecule has 6 nitrogen and oxygen atoms in total. The van der Waals surface area contributed by atoms with Gasteiger partial charge in [-0.1, -0.05) is 12.1 Å². The molecule has 2 N–H and O–H groups in total. The quantitative estimate of drug-likeness (QED) is 0.882. The van der Waals surface area contributed by atoms with Gasteiger partial charge in [-0.05, 0) is 31.5 Å². The number of rotatable bonds is 5. The minimum atomic E-state index is -1.03. The van der Waals surface area contributed by atoms with Crippen LogP contribution in [0.15, 0.2) is 36.7 Å². The van der Waals surface area contributed by atoms with Crippen LogP contribution in [0.5, 0.6) is 0 Å². The lowest BCUT2D eigenvalue weighted by molar-refractivity contribution is -0.121. The molecule has 3 rings (SSSR count). The number of nitrogens with zero attached hydrogens (tertiary/aromatic N) is 2. The summed E-state index contributed by atoms with van der Waals surface area (Å²) in [5.74, 6) is 0.765. The lowest BCUT2D eigenvalue weighted by atomic mass is 9.98. The molecule has 1 aromatic heterocycles. The summed E-state index contributed by atoms with van der Waals surface area (Å²) in [6.45, 7) is 4.81. The molecule has 0 radical (unpaired) electrons. The average molecular weight is 329 g/mol. The predicted molar refractivity (Wildman–Crippen MR) is 90.9 cm³/mol. The van der Waals surface area contributed by atoms with Crippen LogP contribution in [0, 0.1) is 6.92 Å². The number of nitrogens with one attached hydrogen (secondary N) is 1. The Morgan fingerprint density at radius 1 is 1.46 bits per heavy atom. The summed E-state index contributed by atoms with van der Waals surface area (Å²) in [5, 5.41) is 13.0. The van der Waals surface area contributed by atoms with Crippen LogP contribution >= 0.6 is 0 Å². The van der Waals surface area contributed by atoms with Gasteiger partial charge in [-0.2, -0.15) is 0 Å². The van der Waals surface area contributed by atoms with Gasteiger partial charge in [0.25, 0.3) is 0 Å². The lowest BCUT2D eigenvalue weighted by Gasteiger charge is -2.19. The molecule has 128 valence electrons. The summed E-state index contributed by atoms with van der Waals surface area (Å²) >= 11 is 0. The molecule has 2 aromatic rings. The summed E-state index contributed by atoms with van der Waals surface area (Å²) < 4.78 is 7.26. The van der Waals surface area contributed by atoms with Gasteiger partial charge in [-0.3, -0.25) is 4.79 Å².